The zero-order valence-electron chi connectivity index (χ0n) is 15.1. The summed E-state index contributed by atoms with van der Waals surface area (Å²) in [7, 11) is 0. The first-order valence-electron chi connectivity index (χ1n) is 8.19. The fraction of sp³-hybridized carbons (Fsp3) is 0.250. The van der Waals surface area contributed by atoms with E-state index < -0.39 is 0 Å². The molecule has 1 fully saturated rings. The van der Waals surface area contributed by atoms with E-state index in [9.17, 15) is 14.4 Å². The number of carbonyl (C=O) groups is 3. The van der Waals surface area contributed by atoms with E-state index in [-0.39, 0.29) is 23.5 Å². The van der Waals surface area contributed by atoms with E-state index in [2.05, 4.69) is 0 Å². The number of nitrogens with zero attached hydrogens (tertiary/aromatic N) is 1. The van der Waals surface area contributed by atoms with Gasteiger partial charge in [-0.05, 0) is 79.2 Å². The first-order chi connectivity index (χ1) is 12.3. The number of carbonyl (C=O) groups excluding carboxylic acids is 3. The van der Waals surface area contributed by atoms with Gasteiger partial charge in [0.2, 0.25) is 0 Å². The zero-order valence-corrected chi connectivity index (χ0v) is 16.7. The molecule has 0 atom stereocenters. The number of benzene rings is 1. The Morgan fingerprint density at radius 3 is 2.54 bits per heavy atom. The predicted molar refractivity (Wildman–Crippen MR) is 106 cm³/mol. The summed E-state index contributed by atoms with van der Waals surface area (Å²) in [4.78, 5) is 39.7. The Kier molecular flexibility index (Phi) is 5.16. The van der Waals surface area contributed by atoms with Crippen LogP contribution in [0.15, 0.2) is 28.5 Å². The highest BCUT2D eigenvalue weighted by Gasteiger charge is 2.35. The van der Waals surface area contributed by atoms with Crippen molar-refractivity contribution in [2.45, 2.75) is 34.2 Å². The maximum absolute atomic E-state index is 12.7. The van der Waals surface area contributed by atoms with Crippen molar-refractivity contribution in [3.05, 3.63) is 61.2 Å². The van der Waals surface area contributed by atoms with Crippen LogP contribution in [0.25, 0.3) is 6.08 Å². The standard InChI is InChI=1S/C20H19NO3S2/c1-11-8-12(2)18(14(4)22)13(3)16(11)10-21-19(23)17(26-20(21)24)9-15-6-5-7-25-15/h5-9H,10H2,1-4H3/b17-9-. The molecule has 4 nitrogen and oxygen atoms in total. The molecule has 0 saturated carbocycles. The van der Waals surface area contributed by atoms with Crippen LogP contribution >= 0.6 is 23.1 Å². The largest absolute Gasteiger partial charge is 0.294 e. The zero-order chi connectivity index (χ0) is 19.0. The second-order valence-corrected chi connectivity index (χ2v) is 8.30. The molecule has 2 aromatic rings. The van der Waals surface area contributed by atoms with Crippen LogP contribution in [-0.4, -0.2) is 21.8 Å². The Morgan fingerprint density at radius 1 is 1.19 bits per heavy atom. The molecule has 1 aromatic heterocycles. The van der Waals surface area contributed by atoms with Crippen LogP contribution in [0.4, 0.5) is 4.79 Å². The highest BCUT2D eigenvalue weighted by molar-refractivity contribution is 8.18. The maximum atomic E-state index is 12.7. The number of thiophene rings is 1. The van der Waals surface area contributed by atoms with Gasteiger partial charge in [0, 0.05) is 10.4 Å². The first kappa shape index (κ1) is 18.6. The normalized spacial score (nSPS) is 16.0. The van der Waals surface area contributed by atoms with Crippen LogP contribution in [0.5, 0.6) is 0 Å². The number of imide groups is 1. The topological polar surface area (TPSA) is 54.5 Å². The highest BCUT2D eigenvalue weighted by atomic mass is 32.2. The summed E-state index contributed by atoms with van der Waals surface area (Å²) in [5.74, 6) is -0.287. The minimum absolute atomic E-state index is 0.00650. The number of aryl methyl sites for hydroxylation is 2. The van der Waals surface area contributed by atoms with E-state index in [1.165, 1.54) is 16.2 Å². The molecular formula is C20H19NO3S2. The molecule has 0 N–H and O–H groups in total. The Morgan fingerprint density at radius 2 is 1.92 bits per heavy atom. The van der Waals surface area contributed by atoms with Crippen molar-refractivity contribution in [1.29, 1.82) is 0 Å². The lowest BCUT2D eigenvalue weighted by Crippen LogP contribution is -2.28. The van der Waals surface area contributed by atoms with Crippen LogP contribution < -0.4 is 0 Å². The molecule has 0 unspecified atom stereocenters. The van der Waals surface area contributed by atoms with Crippen molar-refractivity contribution < 1.29 is 14.4 Å². The van der Waals surface area contributed by atoms with Gasteiger partial charge >= 0.3 is 0 Å². The smallest absolute Gasteiger partial charge is 0.293 e. The second-order valence-electron chi connectivity index (χ2n) is 6.33. The van der Waals surface area contributed by atoms with Gasteiger partial charge in [0.25, 0.3) is 11.1 Å². The molecule has 2 heterocycles. The summed E-state index contributed by atoms with van der Waals surface area (Å²) in [5, 5.41) is 1.65. The molecule has 0 bridgehead atoms. The number of amides is 2. The Hall–Kier alpha value is -2.18. The number of rotatable bonds is 4. The van der Waals surface area contributed by atoms with Crippen LogP contribution in [0.3, 0.4) is 0 Å². The summed E-state index contributed by atoms with van der Waals surface area (Å²) >= 11 is 2.48. The van der Waals surface area contributed by atoms with Crippen molar-refractivity contribution in [1.82, 2.24) is 4.90 Å². The van der Waals surface area contributed by atoms with Crippen molar-refractivity contribution >= 4 is 46.1 Å². The van der Waals surface area contributed by atoms with Gasteiger partial charge in [-0.1, -0.05) is 12.1 Å². The van der Waals surface area contributed by atoms with Crippen LogP contribution in [0, 0.1) is 20.8 Å². The van der Waals surface area contributed by atoms with Crippen LogP contribution in [-0.2, 0) is 11.3 Å². The molecule has 0 radical (unpaired) electrons. The lowest BCUT2D eigenvalue weighted by molar-refractivity contribution is -0.123. The molecule has 134 valence electrons. The van der Waals surface area contributed by atoms with Gasteiger partial charge in [0.15, 0.2) is 5.78 Å². The van der Waals surface area contributed by atoms with Crippen LogP contribution in [0.2, 0.25) is 0 Å². The summed E-state index contributed by atoms with van der Waals surface area (Å²) in [5.41, 5.74) is 4.28. The molecule has 0 aliphatic carbocycles. The summed E-state index contributed by atoms with van der Waals surface area (Å²) < 4.78 is 0. The lowest BCUT2D eigenvalue weighted by Gasteiger charge is -2.19. The number of thioether (sulfide) groups is 1. The second kappa shape index (κ2) is 7.21. The number of hydrogen-bond acceptors (Lipinski definition) is 5. The Balaban J connectivity index is 1.95. The van der Waals surface area contributed by atoms with Crippen LogP contribution in [0.1, 0.15) is 44.4 Å². The molecule has 1 aliphatic rings. The van der Waals surface area contributed by atoms with Gasteiger partial charge in [0.1, 0.15) is 0 Å². The molecule has 2 amide bonds. The van der Waals surface area contributed by atoms with E-state index in [1.807, 2.05) is 44.4 Å². The number of Topliss-reactive ketones (excluding diaryl/α,β-unsaturated/α-hetero) is 1. The molecule has 6 heteroatoms. The lowest BCUT2D eigenvalue weighted by atomic mass is 9.91. The molecule has 26 heavy (non-hydrogen) atoms. The molecular weight excluding hydrogens is 366 g/mol. The summed E-state index contributed by atoms with van der Waals surface area (Å²) in [6.07, 6.45) is 1.76. The quantitative estimate of drug-likeness (QED) is 0.542. The van der Waals surface area contributed by atoms with Crippen molar-refractivity contribution in [2.75, 3.05) is 0 Å². The van der Waals surface area contributed by atoms with Gasteiger partial charge in [-0.25, -0.2) is 0 Å². The average molecular weight is 386 g/mol. The maximum Gasteiger partial charge on any atom is 0.293 e. The third kappa shape index (κ3) is 3.39. The molecule has 3 rings (SSSR count). The third-order valence-corrected chi connectivity index (χ3v) is 6.22. The fourth-order valence-electron chi connectivity index (χ4n) is 3.31. The van der Waals surface area contributed by atoms with E-state index in [4.69, 9.17) is 0 Å². The SMILES string of the molecule is CC(=O)c1c(C)cc(C)c(CN2C(=O)S/C(=C\c3cccs3)C2=O)c1C. The van der Waals surface area contributed by atoms with Crippen molar-refractivity contribution in [3.63, 3.8) is 0 Å². The fourth-order valence-corrected chi connectivity index (χ4v) is 4.87. The van der Waals surface area contributed by atoms with Gasteiger partial charge in [-0.15, -0.1) is 11.3 Å². The molecule has 0 spiro atoms. The molecule has 1 aromatic carbocycles. The molecule has 1 saturated heterocycles. The van der Waals surface area contributed by atoms with E-state index in [0.29, 0.717) is 10.5 Å². The minimum Gasteiger partial charge on any atom is -0.294 e. The van der Waals surface area contributed by atoms with Gasteiger partial charge < -0.3 is 0 Å². The van der Waals surface area contributed by atoms with E-state index in [0.717, 1.165) is 38.9 Å². The Labute approximate surface area is 160 Å². The Bertz CT molecular complexity index is 942. The summed E-state index contributed by atoms with van der Waals surface area (Å²) in [6, 6.07) is 5.76. The van der Waals surface area contributed by atoms with Crippen molar-refractivity contribution in [2.24, 2.45) is 0 Å². The number of hydrogen-bond donors (Lipinski definition) is 0. The first-order valence-corrected chi connectivity index (χ1v) is 9.88. The monoisotopic (exact) mass is 385 g/mol. The highest BCUT2D eigenvalue weighted by Crippen LogP contribution is 2.35. The van der Waals surface area contributed by atoms with E-state index >= 15 is 0 Å². The average Bonchev–Trinajstić information content (AvgIpc) is 3.14. The summed E-state index contributed by atoms with van der Waals surface area (Å²) in [6.45, 7) is 7.46. The number of ketones is 1. The van der Waals surface area contributed by atoms with Gasteiger partial charge in [-0.2, -0.15) is 0 Å². The van der Waals surface area contributed by atoms with Crippen molar-refractivity contribution in [3.8, 4) is 0 Å². The van der Waals surface area contributed by atoms with Gasteiger partial charge in [0.05, 0.1) is 11.4 Å². The van der Waals surface area contributed by atoms with E-state index in [1.54, 1.807) is 13.0 Å². The third-order valence-electron chi connectivity index (χ3n) is 4.49. The predicted octanol–water partition coefficient (Wildman–Crippen LogP) is 5.11. The minimum atomic E-state index is -0.280. The van der Waals surface area contributed by atoms with Gasteiger partial charge in [-0.3, -0.25) is 19.3 Å². The molecule has 1 aliphatic heterocycles.